The third kappa shape index (κ3) is 2.85. The zero-order valence-corrected chi connectivity index (χ0v) is 10.5. The first kappa shape index (κ1) is 12.5. The normalized spacial score (nSPS) is 11.9. The predicted octanol–water partition coefficient (Wildman–Crippen LogP) is 2.03. The number of ether oxygens (including phenoxy) is 1. The van der Waals surface area contributed by atoms with Gasteiger partial charge in [-0.25, -0.2) is 9.78 Å². The zero-order valence-electron chi connectivity index (χ0n) is 9.66. The van der Waals surface area contributed by atoms with Crippen LogP contribution in [-0.4, -0.2) is 23.2 Å². The first-order chi connectivity index (χ1) is 8.70. The van der Waals surface area contributed by atoms with E-state index in [0.717, 1.165) is 0 Å². The monoisotopic (exact) mass is 264 g/mol. The number of nitrogens with zero attached hydrogens (tertiary/aromatic N) is 1. The molecule has 1 aromatic heterocycles. The molecule has 0 bridgehead atoms. The maximum Gasteiger partial charge on any atom is 0.337 e. The van der Waals surface area contributed by atoms with Crippen LogP contribution in [0.5, 0.6) is 0 Å². The molecule has 0 aliphatic heterocycles. The first-order valence-electron chi connectivity index (χ1n) is 5.22. The summed E-state index contributed by atoms with van der Waals surface area (Å²) < 4.78 is 4.60. The van der Waals surface area contributed by atoms with E-state index in [2.05, 4.69) is 15.0 Å². The lowest BCUT2D eigenvalue weighted by Crippen LogP contribution is -2.10. The maximum atomic E-state index is 11.2. The van der Waals surface area contributed by atoms with Crippen LogP contribution in [0.25, 0.3) is 0 Å². The van der Waals surface area contributed by atoms with E-state index < -0.39 is 6.23 Å². The van der Waals surface area contributed by atoms with Gasteiger partial charge in [-0.15, -0.1) is 11.3 Å². The Bertz CT molecular complexity index is 511. The fourth-order valence-electron chi connectivity index (χ4n) is 1.41. The molecule has 0 amide bonds. The van der Waals surface area contributed by atoms with Gasteiger partial charge in [0.15, 0.2) is 6.23 Å². The van der Waals surface area contributed by atoms with Crippen LogP contribution in [0.3, 0.4) is 0 Å². The number of methoxy groups -OCH3 is 1. The second kappa shape index (κ2) is 5.61. The van der Waals surface area contributed by atoms with Gasteiger partial charge in [0.1, 0.15) is 5.69 Å². The number of aliphatic hydroxyl groups excluding tert-OH is 1. The van der Waals surface area contributed by atoms with Crippen LogP contribution in [0.4, 0.5) is 5.69 Å². The summed E-state index contributed by atoms with van der Waals surface area (Å²) in [6.45, 7) is 0. The maximum absolute atomic E-state index is 11.2. The van der Waals surface area contributed by atoms with Crippen molar-refractivity contribution in [2.45, 2.75) is 6.23 Å². The van der Waals surface area contributed by atoms with Gasteiger partial charge in [0.05, 0.1) is 18.2 Å². The van der Waals surface area contributed by atoms with Crippen molar-refractivity contribution in [3.8, 4) is 0 Å². The minimum absolute atomic E-state index is 0.387. The molecule has 2 rings (SSSR count). The molecule has 1 unspecified atom stereocenters. The molecule has 2 aromatic rings. The van der Waals surface area contributed by atoms with Crippen molar-refractivity contribution in [2.24, 2.45) is 0 Å². The lowest BCUT2D eigenvalue weighted by molar-refractivity contribution is 0.0601. The highest BCUT2D eigenvalue weighted by molar-refractivity contribution is 7.07. The largest absolute Gasteiger partial charge is 0.465 e. The van der Waals surface area contributed by atoms with Gasteiger partial charge in [-0.05, 0) is 24.3 Å². The second-order valence-electron chi connectivity index (χ2n) is 3.53. The Hall–Kier alpha value is -1.92. The van der Waals surface area contributed by atoms with Crippen molar-refractivity contribution < 1.29 is 14.6 Å². The van der Waals surface area contributed by atoms with Gasteiger partial charge in [0, 0.05) is 11.1 Å². The number of aliphatic hydroxyl groups is 1. The standard InChI is InChI=1S/C12H12N2O3S/c1-17-12(16)8-2-4-9(5-3-8)14-11(15)10-6-18-7-13-10/h2-7,11,14-15H,1H3. The molecular formula is C12H12N2O3S. The SMILES string of the molecule is COC(=O)c1ccc(NC(O)c2cscn2)cc1. The van der Waals surface area contributed by atoms with Crippen LogP contribution >= 0.6 is 11.3 Å². The molecule has 18 heavy (non-hydrogen) atoms. The van der Waals surface area contributed by atoms with Crippen molar-refractivity contribution in [2.75, 3.05) is 12.4 Å². The fraction of sp³-hybridized carbons (Fsp3) is 0.167. The summed E-state index contributed by atoms with van der Waals surface area (Å²) in [4.78, 5) is 15.2. The van der Waals surface area contributed by atoms with Gasteiger partial charge in [-0.1, -0.05) is 0 Å². The Morgan fingerprint density at radius 1 is 1.44 bits per heavy atom. The number of esters is 1. The number of benzene rings is 1. The topological polar surface area (TPSA) is 71.5 Å². The van der Waals surface area contributed by atoms with E-state index >= 15 is 0 Å². The Kier molecular flexibility index (Phi) is 3.91. The molecule has 2 N–H and O–H groups in total. The van der Waals surface area contributed by atoms with Gasteiger partial charge < -0.3 is 15.2 Å². The van der Waals surface area contributed by atoms with E-state index in [-0.39, 0.29) is 5.97 Å². The number of carbonyl (C=O) groups is 1. The quantitative estimate of drug-likeness (QED) is 0.653. The number of nitrogens with one attached hydrogen (secondary N) is 1. The van der Waals surface area contributed by atoms with Crippen LogP contribution in [0.2, 0.25) is 0 Å². The summed E-state index contributed by atoms with van der Waals surface area (Å²) in [6.07, 6.45) is -0.861. The van der Waals surface area contributed by atoms with Gasteiger partial charge in [-0.3, -0.25) is 0 Å². The van der Waals surface area contributed by atoms with Crippen molar-refractivity contribution >= 4 is 23.0 Å². The van der Waals surface area contributed by atoms with Crippen molar-refractivity contribution in [3.05, 3.63) is 46.4 Å². The van der Waals surface area contributed by atoms with Crippen molar-refractivity contribution in [3.63, 3.8) is 0 Å². The van der Waals surface area contributed by atoms with Gasteiger partial charge >= 0.3 is 5.97 Å². The number of hydrogen-bond donors (Lipinski definition) is 2. The third-order valence-electron chi connectivity index (χ3n) is 2.34. The predicted molar refractivity (Wildman–Crippen MR) is 68.5 cm³/mol. The van der Waals surface area contributed by atoms with Crippen molar-refractivity contribution in [1.29, 1.82) is 0 Å². The molecule has 1 atom stereocenters. The van der Waals surface area contributed by atoms with Gasteiger partial charge in [0.2, 0.25) is 0 Å². The minimum atomic E-state index is -0.861. The molecule has 0 saturated carbocycles. The van der Waals surface area contributed by atoms with E-state index in [1.54, 1.807) is 35.2 Å². The number of rotatable bonds is 4. The Labute approximate surface area is 108 Å². The molecule has 0 aliphatic carbocycles. The molecule has 1 aromatic carbocycles. The molecular weight excluding hydrogens is 252 g/mol. The summed E-state index contributed by atoms with van der Waals surface area (Å²) >= 11 is 1.42. The van der Waals surface area contributed by atoms with E-state index in [0.29, 0.717) is 16.9 Å². The average Bonchev–Trinajstić information content (AvgIpc) is 2.92. The van der Waals surface area contributed by atoms with E-state index in [4.69, 9.17) is 0 Å². The third-order valence-corrected chi connectivity index (χ3v) is 2.95. The molecule has 0 saturated heterocycles. The van der Waals surface area contributed by atoms with Gasteiger partial charge in [0.25, 0.3) is 0 Å². The highest BCUT2D eigenvalue weighted by Crippen LogP contribution is 2.18. The van der Waals surface area contributed by atoms with E-state index in [1.165, 1.54) is 18.4 Å². The van der Waals surface area contributed by atoms with Crippen LogP contribution in [0.1, 0.15) is 22.3 Å². The Morgan fingerprint density at radius 2 is 2.17 bits per heavy atom. The summed E-state index contributed by atoms with van der Waals surface area (Å²) in [5.74, 6) is -0.387. The molecule has 0 aliphatic rings. The molecule has 0 radical (unpaired) electrons. The molecule has 94 valence electrons. The Balaban J connectivity index is 2.04. The molecule has 1 heterocycles. The summed E-state index contributed by atoms with van der Waals surface area (Å²) in [7, 11) is 1.33. The molecule has 5 nitrogen and oxygen atoms in total. The van der Waals surface area contributed by atoms with Crippen LogP contribution in [0.15, 0.2) is 35.2 Å². The van der Waals surface area contributed by atoms with Crippen LogP contribution in [0, 0.1) is 0 Å². The van der Waals surface area contributed by atoms with Crippen LogP contribution < -0.4 is 5.32 Å². The molecule has 0 spiro atoms. The smallest absolute Gasteiger partial charge is 0.337 e. The Morgan fingerprint density at radius 3 is 2.72 bits per heavy atom. The van der Waals surface area contributed by atoms with Gasteiger partial charge in [-0.2, -0.15) is 0 Å². The summed E-state index contributed by atoms with van der Waals surface area (Å²) in [6, 6.07) is 6.65. The number of hydrogen-bond acceptors (Lipinski definition) is 6. The van der Waals surface area contributed by atoms with E-state index in [1.807, 2.05) is 0 Å². The zero-order chi connectivity index (χ0) is 13.0. The average molecular weight is 264 g/mol. The lowest BCUT2D eigenvalue weighted by Gasteiger charge is -2.12. The molecule has 6 heteroatoms. The van der Waals surface area contributed by atoms with Crippen molar-refractivity contribution in [1.82, 2.24) is 4.98 Å². The second-order valence-corrected chi connectivity index (χ2v) is 4.25. The fourth-order valence-corrected chi connectivity index (χ4v) is 1.98. The highest BCUT2D eigenvalue weighted by Gasteiger charge is 2.09. The lowest BCUT2D eigenvalue weighted by atomic mass is 10.2. The number of anilines is 1. The number of aromatic nitrogens is 1. The molecule has 0 fully saturated rings. The van der Waals surface area contributed by atoms with Crippen LogP contribution in [-0.2, 0) is 4.74 Å². The number of thiazole rings is 1. The summed E-state index contributed by atoms with van der Waals surface area (Å²) in [5, 5.41) is 14.5. The summed E-state index contributed by atoms with van der Waals surface area (Å²) in [5.41, 5.74) is 3.38. The highest BCUT2D eigenvalue weighted by atomic mass is 32.1. The minimum Gasteiger partial charge on any atom is -0.465 e. The first-order valence-corrected chi connectivity index (χ1v) is 6.16. The number of carbonyl (C=O) groups excluding carboxylic acids is 1. The van der Waals surface area contributed by atoms with E-state index in [9.17, 15) is 9.90 Å².